The molecule has 6 nitrogen and oxygen atoms in total. The van der Waals surface area contributed by atoms with Crippen LogP contribution in [0.5, 0.6) is 0 Å². The molecule has 0 amide bonds. The number of nitrogens with zero attached hydrogens (tertiary/aromatic N) is 2. The second kappa shape index (κ2) is 5.71. The van der Waals surface area contributed by atoms with E-state index >= 15 is 0 Å². The van der Waals surface area contributed by atoms with E-state index in [1.807, 2.05) is 0 Å². The van der Waals surface area contributed by atoms with Crippen molar-refractivity contribution in [3.05, 3.63) is 17.5 Å². The van der Waals surface area contributed by atoms with Crippen LogP contribution in [0.3, 0.4) is 0 Å². The highest BCUT2D eigenvalue weighted by atomic mass is 16.5. The Bertz CT molecular complexity index is 452. The van der Waals surface area contributed by atoms with Gasteiger partial charge in [0.15, 0.2) is 0 Å². The summed E-state index contributed by atoms with van der Waals surface area (Å²) in [5.74, 6) is -0.926. The number of hydrogen-bond donors (Lipinski definition) is 2. The van der Waals surface area contributed by atoms with Gasteiger partial charge in [0.05, 0.1) is 11.9 Å². The van der Waals surface area contributed by atoms with E-state index in [0.29, 0.717) is 12.0 Å². The molecule has 0 bridgehead atoms. The zero-order valence-electron chi connectivity index (χ0n) is 11.5. The number of nitrogens with one attached hydrogen (secondary N) is 1. The number of aromatic carboxylic acids is 1. The Morgan fingerprint density at radius 2 is 2.37 bits per heavy atom. The zero-order valence-corrected chi connectivity index (χ0v) is 11.5. The van der Waals surface area contributed by atoms with Crippen LogP contribution in [0.2, 0.25) is 0 Å². The molecular formula is C13H21N3O3. The third-order valence-electron chi connectivity index (χ3n) is 3.88. The Hall–Kier alpha value is -1.40. The van der Waals surface area contributed by atoms with Gasteiger partial charge in [-0.2, -0.15) is 5.10 Å². The first-order chi connectivity index (χ1) is 9.08. The fourth-order valence-electron chi connectivity index (χ4n) is 2.31. The lowest BCUT2D eigenvalue weighted by Crippen LogP contribution is -2.26. The minimum atomic E-state index is -0.926. The first-order valence-electron chi connectivity index (χ1n) is 6.52. The molecule has 1 aliphatic carbocycles. The summed E-state index contributed by atoms with van der Waals surface area (Å²) >= 11 is 0. The molecule has 1 aromatic heterocycles. The average Bonchev–Trinajstić information content (AvgIpc) is 3.05. The fourth-order valence-corrected chi connectivity index (χ4v) is 2.31. The Labute approximate surface area is 112 Å². The number of methoxy groups -OCH3 is 1. The fraction of sp³-hybridized carbons (Fsp3) is 0.692. The van der Waals surface area contributed by atoms with Crippen molar-refractivity contribution in [1.29, 1.82) is 0 Å². The van der Waals surface area contributed by atoms with Gasteiger partial charge in [-0.25, -0.2) is 4.79 Å². The number of aromatic nitrogens is 2. The molecule has 106 valence electrons. The number of carbonyl (C=O) groups is 1. The molecule has 1 aromatic rings. The summed E-state index contributed by atoms with van der Waals surface area (Å²) in [6.45, 7) is 2.22. The monoisotopic (exact) mass is 267 g/mol. The van der Waals surface area contributed by atoms with Crippen molar-refractivity contribution in [2.75, 3.05) is 20.3 Å². The van der Waals surface area contributed by atoms with E-state index in [9.17, 15) is 4.79 Å². The molecule has 0 spiro atoms. The van der Waals surface area contributed by atoms with Crippen LogP contribution in [0.25, 0.3) is 0 Å². The molecule has 0 aromatic carbocycles. The summed E-state index contributed by atoms with van der Waals surface area (Å²) in [4.78, 5) is 11.1. The molecule has 1 aliphatic rings. The van der Waals surface area contributed by atoms with Crippen molar-refractivity contribution in [3.8, 4) is 0 Å². The van der Waals surface area contributed by atoms with Crippen LogP contribution in [0.4, 0.5) is 0 Å². The topological polar surface area (TPSA) is 76.4 Å². The summed E-state index contributed by atoms with van der Waals surface area (Å²) in [5, 5.41) is 16.4. The van der Waals surface area contributed by atoms with Gasteiger partial charge in [0.1, 0.15) is 5.56 Å². The second-order valence-electron chi connectivity index (χ2n) is 5.28. The SMILES string of the molecule is COCCC1(CNCc2c(C(=O)O)cnn2C)CC1. The molecule has 0 unspecified atom stereocenters. The van der Waals surface area contributed by atoms with E-state index in [-0.39, 0.29) is 5.56 Å². The Balaban J connectivity index is 1.86. The van der Waals surface area contributed by atoms with E-state index in [1.165, 1.54) is 19.0 Å². The number of aryl methyl sites for hydroxylation is 1. The lowest BCUT2D eigenvalue weighted by atomic mass is 10.0. The summed E-state index contributed by atoms with van der Waals surface area (Å²) < 4.78 is 6.74. The molecule has 1 heterocycles. The molecule has 2 N–H and O–H groups in total. The molecule has 0 atom stereocenters. The maximum atomic E-state index is 11.1. The maximum absolute atomic E-state index is 11.1. The highest BCUT2D eigenvalue weighted by molar-refractivity contribution is 5.88. The van der Waals surface area contributed by atoms with Crippen LogP contribution in [0, 0.1) is 5.41 Å². The largest absolute Gasteiger partial charge is 0.478 e. The highest BCUT2D eigenvalue weighted by Gasteiger charge is 2.41. The average molecular weight is 267 g/mol. The van der Waals surface area contributed by atoms with Crippen molar-refractivity contribution < 1.29 is 14.6 Å². The summed E-state index contributed by atoms with van der Waals surface area (Å²) in [6.07, 6.45) is 4.91. The van der Waals surface area contributed by atoms with E-state index in [1.54, 1.807) is 18.8 Å². The van der Waals surface area contributed by atoms with Crippen molar-refractivity contribution in [2.45, 2.75) is 25.8 Å². The van der Waals surface area contributed by atoms with Crippen LogP contribution in [-0.2, 0) is 18.3 Å². The number of carboxylic acid groups (broad SMARTS) is 1. The van der Waals surface area contributed by atoms with Crippen LogP contribution < -0.4 is 5.32 Å². The molecule has 6 heteroatoms. The minimum Gasteiger partial charge on any atom is -0.478 e. The smallest absolute Gasteiger partial charge is 0.339 e. The van der Waals surface area contributed by atoms with Gasteiger partial charge in [-0.15, -0.1) is 0 Å². The van der Waals surface area contributed by atoms with E-state index in [4.69, 9.17) is 9.84 Å². The molecule has 1 fully saturated rings. The third-order valence-corrected chi connectivity index (χ3v) is 3.88. The molecule has 2 rings (SSSR count). The lowest BCUT2D eigenvalue weighted by Gasteiger charge is -2.15. The number of rotatable bonds is 8. The molecule has 1 saturated carbocycles. The molecule has 0 radical (unpaired) electrons. The van der Waals surface area contributed by atoms with Gasteiger partial charge >= 0.3 is 5.97 Å². The van der Waals surface area contributed by atoms with Gasteiger partial charge in [0.2, 0.25) is 0 Å². The van der Waals surface area contributed by atoms with Crippen molar-refractivity contribution in [3.63, 3.8) is 0 Å². The lowest BCUT2D eigenvalue weighted by molar-refractivity contribution is 0.0695. The van der Waals surface area contributed by atoms with Crippen molar-refractivity contribution in [2.24, 2.45) is 12.5 Å². The predicted octanol–water partition coefficient (Wildman–Crippen LogP) is 1.02. The van der Waals surface area contributed by atoms with Gasteiger partial charge in [0, 0.05) is 33.9 Å². The Morgan fingerprint density at radius 1 is 1.63 bits per heavy atom. The minimum absolute atomic E-state index is 0.275. The van der Waals surface area contributed by atoms with Crippen LogP contribution in [0.15, 0.2) is 6.20 Å². The predicted molar refractivity (Wildman–Crippen MR) is 70.0 cm³/mol. The first-order valence-corrected chi connectivity index (χ1v) is 6.52. The summed E-state index contributed by atoms with van der Waals surface area (Å²) in [6, 6.07) is 0. The number of ether oxygens (including phenoxy) is 1. The van der Waals surface area contributed by atoms with Crippen LogP contribution in [0.1, 0.15) is 35.3 Å². The Kier molecular flexibility index (Phi) is 4.21. The van der Waals surface area contributed by atoms with Gasteiger partial charge < -0.3 is 15.2 Å². The van der Waals surface area contributed by atoms with Crippen molar-refractivity contribution in [1.82, 2.24) is 15.1 Å². The van der Waals surface area contributed by atoms with Gasteiger partial charge in [-0.1, -0.05) is 0 Å². The van der Waals surface area contributed by atoms with Gasteiger partial charge in [0.25, 0.3) is 0 Å². The normalized spacial score (nSPS) is 16.5. The molecule has 0 aliphatic heterocycles. The van der Waals surface area contributed by atoms with Crippen molar-refractivity contribution >= 4 is 5.97 Å². The molecular weight excluding hydrogens is 246 g/mol. The third kappa shape index (κ3) is 3.33. The van der Waals surface area contributed by atoms with E-state index in [0.717, 1.165) is 25.3 Å². The first kappa shape index (κ1) is 14.0. The van der Waals surface area contributed by atoms with Gasteiger partial charge in [-0.05, 0) is 24.7 Å². The quantitative estimate of drug-likeness (QED) is 0.735. The summed E-state index contributed by atoms with van der Waals surface area (Å²) in [7, 11) is 3.49. The molecule has 0 saturated heterocycles. The zero-order chi connectivity index (χ0) is 13.9. The number of hydrogen-bond acceptors (Lipinski definition) is 4. The molecule has 19 heavy (non-hydrogen) atoms. The van der Waals surface area contributed by atoms with Crippen LogP contribution in [-0.4, -0.2) is 41.1 Å². The second-order valence-corrected chi connectivity index (χ2v) is 5.28. The standard InChI is InChI=1S/C13H21N3O3/c1-16-11(10(7-15-16)12(17)18)8-14-9-13(3-4-13)5-6-19-2/h7,14H,3-6,8-9H2,1-2H3,(H,17,18). The highest BCUT2D eigenvalue weighted by Crippen LogP contribution is 2.48. The Morgan fingerprint density at radius 3 is 2.95 bits per heavy atom. The van der Waals surface area contributed by atoms with E-state index in [2.05, 4.69) is 10.4 Å². The number of carboxylic acids is 1. The van der Waals surface area contributed by atoms with Gasteiger partial charge in [-0.3, -0.25) is 4.68 Å². The van der Waals surface area contributed by atoms with Crippen LogP contribution >= 0.6 is 0 Å². The maximum Gasteiger partial charge on any atom is 0.339 e. The van der Waals surface area contributed by atoms with E-state index < -0.39 is 5.97 Å². The summed E-state index contributed by atoms with van der Waals surface area (Å²) in [5.41, 5.74) is 1.35.